The summed E-state index contributed by atoms with van der Waals surface area (Å²) in [6.07, 6.45) is 6.07. The molecule has 1 aliphatic heterocycles. The van der Waals surface area contributed by atoms with Crippen LogP contribution in [-0.2, 0) is 4.79 Å². The van der Waals surface area contributed by atoms with Gasteiger partial charge in [0.05, 0.1) is 0 Å². The summed E-state index contributed by atoms with van der Waals surface area (Å²) in [5.41, 5.74) is -1.01. The van der Waals surface area contributed by atoms with Gasteiger partial charge in [0.25, 0.3) is 0 Å². The molecule has 1 atom stereocenters. The molecule has 0 bridgehead atoms. The molecule has 4 heteroatoms. The summed E-state index contributed by atoms with van der Waals surface area (Å²) in [4.78, 5) is 11.0. The molecule has 0 fully saturated rings. The van der Waals surface area contributed by atoms with Gasteiger partial charge in [-0.2, -0.15) is 0 Å². The summed E-state index contributed by atoms with van der Waals surface area (Å²) in [6, 6.07) is 0. The topological polar surface area (TPSA) is 49.3 Å². The Morgan fingerprint density at radius 2 is 2.46 bits per heavy atom. The monoisotopic (exact) mass is 201 g/mol. The minimum atomic E-state index is -1.01. The fourth-order valence-corrected chi connectivity index (χ4v) is 1.61. The van der Waals surface area contributed by atoms with Gasteiger partial charge in [0.15, 0.2) is 5.54 Å². The molecule has 13 heavy (non-hydrogen) atoms. The van der Waals surface area contributed by atoms with E-state index in [0.717, 1.165) is 6.42 Å². The van der Waals surface area contributed by atoms with Gasteiger partial charge in [0, 0.05) is 5.03 Å². The second-order valence-corrected chi connectivity index (χ2v) is 3.47. The third kappa shape index (κ3) is 2.04. The Bertz CT molecular complexity index is 273. The Kier molecular flexibility index (Phi) is 2.98. The van der Waals surface area contributed by atoms with Crippen molar-refractivity contribution in [3.05, 3.63) is 23.4 Å². The number of rotatable bonds is 3. The molecule has 0 saturated heterocycles. The fourth-order valence-electron chi connectivity index (χ4n) is 1.36. The molecule has 72 valence electrons. The Balaban J connectivity index is 2.92. The Morgan fingerprint density at radius 3 is 2.92 bits per heavy atom. The summed E-state index contributed by atoms with van der Waals surface area (Å²) in [7, 11) is 0. The van der Waals surface area contributed by atoms with E-state index in [0.29, 0.717) is 11.5 Å². The molecule has 0 amide bonds. The van der Waals surface area contributed by atoms with Crippen molar-refractivity contribution >= 4 is 17.6 Å². The second kappa shape index (κ2) is 3.83. The predicted octanol–water partition coefficient (Wildman–Crippen LogP) is 1.85. The van der Waals surface area contributed by atoms with Crippen LogP contribution in [0.4, 0.5) is 0 Å². The normalized spacial score (nSPS) is 26.5. The summed E-state index contributed by atoms with van der Waals surface area (Å²) >= 11 is 5.75. The predicted molar refractivity (Wildman–Crippen MR) is 51.5 cm³/mol. The number of carbonyl (C=O) groups is 1. The van der Waals surface area contributed by atoms with Crippen LogP contribution in [0.1, 0.15) is 19.8 Å². The van der Waals surface area contributed by atoms with Gasteiger partial charge in [0.2, 0.25) is 0 Å². The Morgan fingerprint density at radius 1 is 1.77 bits per heavy atom. The van der Waals surface area contributed by atoms with E-state index < -0.39 is 11.5 Å². The number of allylic oxidation sites excluding steroid dienone is 2. The van der Waals surface area contributed by atoms with E-state index in [2.05, 4.69) is 5.32 Å². The first-order chi connectivity index (χ1) is 6.10. The van der Waals surface area contributed by atoms with Crippen molar-refractivity contribution in [3.63, 3.8) is 0 Å². The van der Waals surface area contributed by atoms with Crippen molar-refractivity contribution in [1.29, 1.82) is 0 Å². The molecule has 1 aliphatic rings. The number of halogens is 1. The van der Waals surface area contributed by atoms with E-state index >= 15 is 0 Å². The summed E-state index contributed by atoms with van der Waals surface area (Å²) < 4.78 is 0. The van der Waals surface area contributed by atoms with Gasteiger partial charge in [-0.15, -0.1) is 0 Å². The van der Waals surface area contributed by atoms with Gasteiger partial charge in [-0.05, 0) is 24.8 Å². The molecule has 0 aromatic heterocycles. The van der Waals surface area contributed by atoms with E-state index in [1.807, 2.05) is 6.92 Å². The van der Waals surface area contributed by atoms with Crippen LogP contribution in [0.5, 0.6) is 0 Å². The van der Waals surface area contributed by atoms with Crippen LogP contribution in [0.15, 0.2) is 23.4 Å². The van der Waals surface area contributed by atoms with E-state index in [9.17, 15) is 4.79 Å². The number of aliphatic carboxylic acids is 1. The minimum absolute atomic E-state index is 0.467. The molecule has 0 aromatic carbocycles. The van der Waals surface area contributed by atoms with Gasteiger partial charge in [0.1, 0.15) is 0 Å². The summed E-state index contributed by atoms with van der Waals surface area (Å²) in [6.45, 7) is 1.94. The average molecular weight is 202 g/mol. The zero-order chi connectivity index (χ0) is 9.90. The van der Waals surface area contributed by atoms with Crippen molar-refractivity contribution in [2.24, 2.45) is 0 Å². The van der Waals surface area contributed by atoms with Crippen LogP contribution in [0.3, 0.4) is 0 Å². The van der Waals surface area contributed by atoms with Crippen molar-refractivity contribution in [2.45, 2.75) is 25.3 Å². The fraction of sp³-hybridized carbons (Fsp3) is 0.444. The number of hydrogen-bond acceptors (Lipinski definition) is 2. The lowest BCUT2D eigenvalue weighted by atomic mass is 9.92. The van der Waals surface area contributed by atoms with Crippen LogP contribution in [0.2, 0.25) is 0 Å². The Hall–Kier alpha value is -0.960. The molecule has 1 unspecified atom stereocenters. The number of carboxylic acid groups (broad SMARTS) is 1. The first kappa shape index (κ1) is 10.1. The molecule has 0 aliphatic carbocycles. The lowest BCUT2D eigenvalue weighted by molar-refractivity contribution is -0.142. The first-order valence-electron chi connectivity index (χ1n) is 4.17. The van der Waals surface area contributed by atoms with Crippen molar-refractivity contribution in [2.75, 3.05) is 0 Å². The van der Waals surface area contributed by atoms with Gasteiger partial charge in [-0.25, -0.2) is 4.79 Å². The maximum atomic E-state index is 11.0. The van der Waals surface area contributed by atoms with Gasteiger partial charge >= 0.3 is 5.97 Å². The third-order valence-electron chi connectivity index (χ3n) is 1.99. The molecule has 0 radical (unpaired) electrons. The molecule has 0 saturated carbocycles. The molecule has 3 nitrogen and oxygen atoms in total. The maximum Gasteiger partial charge on any atom is 0.333 e. The molecule has 1 rings (SSSR count). The number of dihydropyridines is 1. The third-order valence-corrected chi connectivity index (χ3v) is 2.23. The highest BCUT2D eigenvalue weighted by atomic mass is 35.5. The second-order valence-electron chi connectivity index (χ2n) is 3.03. The number of nitrogens with one attached hydrogen (secondary N) is 1. The van der Waals surface area contributed by atoms with Gasteiger partial charge in [-0.1, -0.05) is 24.9 Å². The van der Waals surface area contributed by atoms with Crippen LogP contribution in [0, 0.1) is 0 Å². The maximum absolute atomic E-state index is 11.0. The molecule has 0 spiro atoms. The lowest BCUT2D eigenvalue weighted by Crippen LogP contribution is -2.49. The molecule has 0 aromatic rings. The quantitative estimate of drug-likeness (QED) is 0.733. The lowest BCUT2D eigenvalue weighted by Gasteiger charge is -2.28. The molecule has 1 heterocycles. The molecular weight excluding hydrogens is 190 g/mol. The highest BCUT2D eigenvalue weighted by Crippen LogP contribution is 2.23. The average Bonchev–Trinajstić information content (AvgIpc) is 2.04. The van der Waals surface area contributed by atoms with E-state index in [1.165, 1.54) is 0 Å². The van der Waals surface area contributed by atoms with E-state index in [1.54, 1.807) is 18.4 Å². The number of carboxylic acids is 1. The summed E-state index contributed by atoms with van der Waals surface area (Å²) in [5.74, 6) is -0.892. The highest BCUT2D eigenvalue weighted by molar-refractivity contribution is 6.31. The van der Waals surface area contributed by atoms with Crippen molar-refractivity contribution in [3.8, 4) is 0 Å². The highest BCUT2D eigenvalue weighted by Gasteiger charge is 2.35. The summed E-state index contributed by atoms with van der Waals surface area (Å²) in [5, 5.41) is 12.3. The largest absolute Gasteiger partial charge is 0.479 e. The minimum Gasteiger partial charge on any atom is -0.479 e. The zero-order valence-electron chi connectivity index (χ0n) is 7.38. The Labute approximate surface area is 82.1 Å². The molecule has 2 N–H and O–H groups in total. The van der Waals surface area contributed by atoms with Crippen LogP contribution in [-0.4, -0.2) is 16.6 Å². The zero-order valence-corrected chi connectivity index (χ0v) is 8.14. The smallest absolute Gasteiger partial charge is 0.333 e. The van der Waals surface area contributed by atoms with E-state index in [-0.39, 0.29) is 0 Å². The standard InChI is InChI=1S/C9H12ClNO2/c1-2-4-9(8(12)13)6-7(10)3-5-11-9/h3,5-6,11H,2,4H2,1H3,(H,12,13). The van der Waals surface area contributed by atoms with E-state index in [4.69, 9.17) is 16.7 Å². The van der Waals surface area contributed by atoms with Crippen LogP contribution < -0.4 is 5.32 Å². The van der Waals surface area contributed by atoms with Crippen LogP contribution >= 0.6 is 11.6 Å². The van der Waals surface area contributed by atoms with Crippen molar-refractivity contribution < 1.29 is 9.90 Å². The van der Waals surface area contributed by atoms with Gasteiger partial charge in [-0.3, -0.25) is 0 Å². The number of hydrogen-bond donors (Lipinski definition) is 2. The molecular formula is C9H12ClNO2. The SMILES string of the molecule is CCCC1(C(=O)O)C=C(Cl)C=CN1. The van der Waals surface area contributed by atoms with Gasteiger partial charge < -0.3 is 10.4 Å². The van der Waals surface area contributed by atoms with Crippen LogP contribution in [0.25, 0.3) is 0 Å². The van der Waals surface area contributed by atoms with Crippen molar-refractivity contribution in [1.82, 2.24) is 5.32 Å². The first-order valence-corrected chi connectivity index (χ1v) is 4.54.